The van der Waals surface area contributed by atoms with Crippen LogP contribution in [0.3, 0.4) is 0 Å². The van der Waals surface area contributed by atoms with Gasteiger partial charge in [-0.15, -0.1) is 13.2 Å². The van der Waals surface area contributed by atoms with Crippen LogP contribution in [0.15, 0.2) is 54.1 Å². The van der Waals surface area contributed by atoms with Crippen LogP contribution in [0.1, 0.15) is 5.56 Å². The number of carbonyl (C=O) groups excluding carboxylic acids is 1. The van der Waals surface area contributed by atoms with E-state index >= 15 is 0 Å². The minimum Gasteiger partial charge on any atom is -0.406 e. The van der Waals surface area contributed by atoms with Crippen LogP contribution in [0.2, 0.25) is 0 Å². The molecule has 1 fully saturated rings. The summed E-state index contributed by atoms with van der Waals surface area (Å²) in [7, 11) is 1.52. The van der Waals surface area contributed by atoms with Crippen molar-refractivity contribution in [3.05, 3.63) is 54.6 Å². The van der Waals surface area contributed by atoms with E-state index in [4.69, 9.17) is 0 Å². The first kappa shape index (κ1) is 23.6. The molecule has 2 aliphatic heterocycles. The van der Waals surface area contributed by atoms with Crippen molar-refractivity contribution in [1.82, 2.24) is 14.9 Å². The van der Waals surface area contributed by atoms with E-state index in [0.29, 0.717) is 22.7 Å². The Morgan fingerprint density at radius 2 is 1.74 bits per heavy atom. The summed E-state index contributed by atoms with van der Waals surface area (Å²) in [5, 5.41) is 19.9. The number of rotatable bonds is 4. The number of nitrogens with zero attached hydrogens (tertiary/aromatic N) is 5. The topological polar surface area (TPSA) is 111 Å². The molecule has 9 nitrogen and oxygen atoms in total. The van der Waals surface area contributed by atoms with E-state index in [0.717, 1.165) is 12.1 Å². The first-order valence-corrected chi connectivity index (χ1v) is 10.4. The fourth-order valence-corrected chi connectivity index (χ4v) is 3.87. The molecule has 2 N–H and O–H groups in total. The van der Waals surface area contributed by atoms with E-state index in [-0.39, 0.29) is 31.3 Å². The number of likely N-dealkylation sites (tertiary alicyclic amines) is 1. The normalized spacial score (nSPS) is 22.8. The lowest BCUT2D eigenvalue weighted by Gasteiger charge is -2.29. The highest BCUT2D eigenvalue weighted by atomic mass is 19.4. The number of aliphatic hydroxyl groups is 2. The summed E-state index contributed by atoms with van der Waals surface area (Å²) in [6.45, 7) is 0.499. The Hall–Kier alpha value is -3.51. The molecule has 4 rings (SSSR count). The monoisotopic (exact) mass is 477 g/mol. The third kappa shape index (κ3) is 5.18. The fraction of sp³-hybridized carbons (Fsp3) is 0.364. The molecule has 1 aromatic heterocycles. The van der Waals surface area contributed by atoms with Gasteiger partial charge in [0, 0.05) is 49.4 Å². The Morgan fingerprint density at radius 1 is 1.12 bits per heavy atom. The van der Waals surface area contributed by atoms with Gasteiger partial charge in [0.05, 0.1) is 24.7 Å². The molecule has 1 saturated heterocycles. The van der Waals surface area contributed by atoms with Crippen LogP contribution in [0.5, 0.6) is 5.75 Å². The second kappa shape index (κ2) is 9.39. The lowest BCUT2D eigenvalue weighted by Crippen LogP contribution is -2.38. The number of aliphatic imine (C=N–C) groups is 1. The van der Waals surface area contributed by atoms with E-state index in [2.05, 4.69) is 19.7 Å². The zero-order valence-electron chi connectivity index (χ0n) is 18.1. The second-order valence-corrected chi connectivity index (χ2v) is 7.96. The number of amidine groups is 1. The number of hydrogen-bond donors (Lipinski definition) is 2. The average Bonchev–Trinajstić information content (AvgIpc) is 3.15. The first-order chi connectivity index (χ1) is 16.1. The zero-order chi connectivity index (χ0) is 24.5. The predicted octanol–water partition coefficient (Wildman–Crippen LogP) is 1.49. The highest BCUT2D eigenvalue weighted by Crippen LogP contribution is 2.29. The maximum atomic E-state index is 13.2. The van der Waals surface area contributed by atoms with Crippen molar-refractivity contribution in [3.63, 3.8) is 0 Å². The molecule has 1 unspecified atom stereocenters. The molecule has 1 amide bonds. The van der Waals surface area contributed by atoms with E-state index in [9.17, 15) is 28.2 Å². The van der Waals surface area contributed by atoms with Crippen molar-refractivity contribution >= 4 is 23.0 Å². The highest BCUT2D eigenvalue weighted by molar-refractivity contribution is 6.24. The first-order valence-electron chi connectivity index (χ1n) is 10.4. The van der Waals surface area contributed by atoms with Crippen molar-refractivity contribution in [2.75, 3.05) is 31.6 Å². The van der Waals surface area contributed by atoms with Crippen LogP contribution >= 0.6 is 0 Å². The van der Waals surface area contributed by atoms with E-state index < -0.39 is 24.5 Å². The van der Waals surface area contributed by atoms with Gasteiger partial charge < -0.3 is 24.7 Å². The average molecular weight is 477 g/mol. The number of alkyl halides is 3. The van der Waals surface area contributed by atoms with Gasteiger partial charge in [-0.25, -0.2) is 9.97 Å². The number of anilines is 1. The number of carbonyl (C=O) groups is 1. The van der Waals surface area contributed by atoms with Gasteiger partial charge in [-0.3, -0.25) is 9.79 Å². The Kier molecular flexibility index (Phi) is 6.53. The molecule has 3 atom stereocenters. The molecule has 12 heteroatoms. The lowest BCUT2D eigenvalue weighted by molar-refractivity contribution is -0.274. The molecule has 2 aromatic rings. The number of halogens is 3. The minimum absolute atomic E-state index is 0.119. The van der Waals surface area contributed by atoms with Crippen LogP contribution in [0, 0.1) is 5.92 Å². The third-order valence-corrected chi connectivity index (χ3v) is 5.58. The van der Waals surface area contributed by atoms with E-state index in [1.165, 1.54) is 30.4 Å². The highest BCUT2D eigenvalue weighted by Gasteiger charge is 2.36. The fourth-order valence-electron chi connectivity index (χ4n) is 3.87. The van der Waals surface area contributed by atoms with Crippen molar-refractivity contribution < 1.29 is 32.9 Å². The molecule has 0 radical (unpaired) electrons. The van der Waals surface area contributed by atoms with Gasteiger partial charge in [-0.1, -0.05) is 6.08 Å². The molecule has 0 spiro atoms. The summed E-state index contributed by atoms with van der Waals surface area (Å²) in [6, 6.07) is 4.99. The number of dihydropyridines is 1. The smallest absolute Gasteiger partial charge is 0.406 e. The standard InChI is InChI=1S/C22H22F3N5O4/c1-29(15-2-4-16(5-3-15)34-22(23,24)25)21(33)13-6-17(14-7-26-12-27-8-14)20(28-9-13)30-10-18(31)19(32)11-30/h2-8,12-13,18-19,31-32H,9-11H2,1H3/t13?,18-,19+. The van der Waals surface area contributed by atoms with Gasteiger partial charge >= 0.3 is 6.36 Å². The van der Waals surface area contributed by atoms with Crippen LogP contribution in [0.4, 0.5) is 18.9 Å². The van der Waals surface area contributed by atoms with Gasteiger partial charge in [0.15, 0.2) is 0 Å². The van der Waals surface area contributed by atoms with Crippen LogP contribution in [0.25, 0.3) is 5.57 Å². The number of benzene rings is 1. The molecule has 180 valence electrons. The molecule has 0 aliphatic carbocycles. The van der Waals surface area contributed by atoms with Crippen molar-refractivity contribution in [2.24, 2.45) is 10.9 Å². The number of amides is 1. The largest absolute Gasteiger partial charge is 0.573 e. The second-order valence-electron chi connectivity index (χ2n) is 7.96. The maximum Gasteiger partial charge on any atom is 0.573 e. The van der Waals surface area contributed by atoms with E-state index in [1.807, 2.05) is 0 Å². The van der Waals surface area contributed by atoms with Crippen LogP contribution in [-0.2, 0) is 4.79 Å². The third-order valence-electron chi connectivity index (χ3n) is 5.58. The predicted molar refractivity (Wildman–Crippen MR) is 116 cm³/mol. The van der Waals surface area contributed by atoms with Crippen molar-refractivity contribution in [1.29, 1.82) is 0 Å². The van der Waals surface area contributed by atoms with Gasteiger partial charge in [0.25, 0.3) is 0 Å². The molecule has 3 heterocycles. The maximum absolute atomic E-state index is 13.2. The summed E-state index contributed by atoms with van der Waals surface area (Å²) >= 11 is 0. The molecule has 1 aromatic carbocycles. The summed E-state index contributed by atoms with van der Waals surface area (Å²) < 4.78 is 41.0. The van der Waals surface area contributed by atoms with Crippen molar-refractivity contribution in [3.8, 4) is 5.75 Å². The van der Waals surface area contributed by atoms with Crippen LogP contribution < -0.4 is 9.64 Å². The Morgan fingerprint density at radius 3 is 2.32 bits per heavy atom. The number of hydrogen-bond acceptors (Lipinski definition) is 8. The number of aromatic nitrogens is 2. The van der Waals surface area contributed by atoms with Gasteiger partial charge in [0.2, 0.25) is 5.91 Å². The Labute approximate surface area is 192 Å². The summed E-state index contributed by atoms with van der Waals surface area (Å²) in [6.07, 6.45) is -0.365. The van der Waals surface area contributed by atoms with Gasteiger partial charge in [-0.05, 0) is 24.3 Å². The summed E-state index contributed by atoms with van der Waals surface area (Å²) in [5.41, 5.74) is 1.60. The molecular formula is C22H22F3N5O4. The number of aliphatic hydroxyl groups excluding tert-OH is 2. The quantitative estimate of drug-likeness (QED) is 0.686. The summed E-state index contributed by atoms with van der Waals surface area (Å²) in [4.78, 5) is 28.9. The van der Waals surface area contributed by atoms with E-state index in [1.54, 1.807) is 23.4 Å². The SMILES string of the molecule is CN(C(=O)C1C=C(c2cncnc2)C(N2C[C@@H](O)[C@@H](O)C2)=NC1)c1ccc(OC(F)(F)F)cc1. The van der Waals surface area contributed by atoms with Crippen LogP contribution in [-0.4, -0.2) is 82.1 Å². The van der Waals surface area contributed by atoms with Gasteiger partial charge in [-0.2, -0.15) is 0 Å². The molecule has 2 aliphatic rings. The molecule has 0 bridgehead atoms. The minimum atomic E-state index is -4.80. The molecule has 34 heavy (non-hydrogen) atoms. The van der Waals surface area contributed by atoms with Gasteiger partial charge in [0.1, 0.15) is 17.9 Å². The number of β-amino-alcohol motifs (C(OH)–C–C–N with tert-alkyl or cyclic N) is 2. The molecular weight excluding hydrogens is 455 g/mol. The molecule has 0 saturated carbocycles. The lowest BCUT2D eigenvalue weighted by atomic mass is 9.96. The Bertz CT molecular complexity index is 1080. The van der Waals surface area contributed by atoms with Crippen molar-refractivity contribution in [2.45, 2.75) is 18.6 Å². The number of ether oxygens (including phenoxy) is 1. The summed E-state index contributed by atoms with van der Waals surface area (Å²) in [5.74, 6) is -0.841. The zero-order valence-corrected chi connectivity index (χ0v) is 18.1. The Balaban J connectivity index is 1.56.